The number of ether oxygens (including phenoxy) is 1. The minimum absolute atomic E-state index is 0.0151. The Balaban J connectivity index is 1.30. The average Bonchev–Trinajstić information content (AvgIpc) is 3.23. The molecule has 2 aromatic rings. The van der Waals surface area contributed by atoms with Gasteiger partial charge in [0, 0.05) is 44.2 Å². The third kappa shape index (κ3) is 3.58. The SMILES string of the molecule is Cn1nc(Nc2cc(N3CC[C@@](C#N)(C4CC4)C3=O)ccn2)cc1C(=O)N[C@@H]1CCOC1. The van der Waals surface area contributed by atoms with E-state index in [0.717, 1.165) is 19.3 Å². The lowest BCUT2D eigenvalue weighted by atomic mass is 9.83. The van der Waals surface area contributed by atoms with Crippen LogP contribution in [0.4, 0.5) is 17.3 Å². The standard InChI is InChI=1S/C22H25N7O3/c1-28-17(20(30)25-15-5-9-32-12-15)11-19(27-28)26-18-10-16(4-7-24-18)29-8-6-22(13-23,21(29)31)14-2-3-14/h4,7,10-11,14-15H,2-3,5-6,8-9,12H2,1H3,(H,25,30)(H,24,26,27)/t15-,22-/m1/s1. The Morgan fingerprint density at radius 2 is 2.16 bits per heavy atom. The van der Waals surface area contributed by atoms with Crippen LogP contribution < -0.4 is 15.5 Å². The van der Waals surface area contributed by atoms with Gasteiger partial charge in [-0.2, -0.15) is 10.4 Å². The molecule has 5 rings (SSSR count). The molecule has 0 spiro atoms. The molecule has 4 heterocycles. The molecule has 2 amide bonds. The number of rotatable bonds is 6. The van der Waals surface area contributed by atoms with Gasteiger partial charge in [0.25, 0.3) is 5.91 Å². The van der Waals surface area contributed by atoms with Crippen LogP contribution in [-0.2, 0) is 16.6 Å². The fourth-order valence-electron chi connectivity index (χ4n) is 4.57. The molecule has 2 aromatic heterocycles. The van der Waals surface area contributed by atoms with Crippen LogP contribution in [-0.4, -0.2) is 52.4 Å². The van der Waals surface area contributed by atoms with E-state index in [1.54, 1.807) is 36.3 Å². The van der Waals surface area contributed by atoms with Crippen LogP contribution in [0.25, 0.3) is 0 Å². The number of aryl methyl sites for hydroxylation is 1. The predicted octanol–water partition coefficient (Wildman–Crippen LogP) is 1.73. The summed E-state index contributed by atoms with van der Waals surface area (Å²) in [4.78, 5) is 31.6. The summed E-state index contributed by atoms with van der Waals surface area (Å²) in [6.45, 7) is 1.69. The summed E-state index contributed by atoms with van der Waals surface area (Å²) in [5.74, 6) is 0.832. The number of hydrogen-bond acceptors (Lipinski definition) is 7. The van der Waals surface area contributed by atoms with Crippen molar-refractivity contribution in [2.24, 2.45) is 18.4 Å². The molecule has 2 atom stereocenters. The van der Waals surface area contributed by atoms with E-state index < -0.39 is 5.41 Å². The summed E-state index contributed by atoms with van der Waals surface area (Å²) in [5.41, 5.74) is 0.235. The van der Waals surface area contributed by atoms with Crippen molar-refractivity contribution in [3.8, 4) is 6.07 Å². The van der Waals surface area contributed by atoms with E-state index in [9.17, 15) is 14.9 Å². The quantitative estimate of drug-likeness (QED) is 0.708. The van der Waals surface area contributed by atoms with Gasteiger partial charge >= 0.3 is 0 Å². The lowest BCUT2D eigenvalue weighted by Gasteiger charge is -2.21. The molecule has 2 N–H and O–H groups in total. The van der Waals surface area contributed by atoms with Crippen LogP contribution in [0.3, 0.4) is 0 Å². The van der Waals surface area contributed by atoms with E-state index in [0.29, 0.717) is 49.2 Å². The smallest absolute Gasteiger partial charge is 0.269 e. The minimum Gasteiger partial charge on any atom is -0.379 e. The first-order valence-corrected chi connectivity index (χ1v) is 10.9. The van der Waals surface area contributed by atoms with Crippen molar-refractivity contribution < 1.29 is 14.3 Å². The molecule has 3 aliphatic rings. The van der Waals surface area contributed by atoms with Gasteiger partial charge in [0.15, 0.2) is 5.82 Å². The van der Waals surface area contributed by atoms with Crippen LogP contribution in [0.15, 0.2) is 24.4 Å². The number of nitriles is 1. The molecule has 0 bridgehead atoms. The van der Waals surface area contributed by atoms with Crippen LogP contribution in [0.5, 0.6) is 0 Å². The first-order chi connectivity index (χ1) is 15.5. The summed E-state index contributed by atoms with van der Waals surface area (Å²) in [6, 6.07) is 7.52. The highest BCUT2D eigenvalue weighted by molar-refractivity contribution is 6.02. The third-order valence-electron chi connectivity index (χ3n) is 6.52. The van der Waals surface area contributed by atoms with Gasteiger partial charge in [0.1, 0.15) is 16.9 Å². The number of nitrogens with one attached hydrogen (secondary N) is 2. The molecule has 0 aromatic carbocycles. The molecule has 0 radical (unpaired) electrons. The highest BCUT2D eigenvalue weighted by Gasteiger charge is 2.56. The highest BCUT2D eigenvalue weighted by Crippen LogP contribution is 2.51. The lowest BCUT2D eigenvalue weighted by Crippen LogP contribution is -2.36. The van der Waals surface area contributed by atoms with Gasteiger partial charge in [0.05, 0.1) is 18.7 Å². The van der Waals surface area contributed by atoms with E-state index in [4.69, 9.17) is 4.74 Å². The van der Waals surface area contributed by atoms with Crippen LogP contribution in [0.1, 0.15) is 36.2 Å². The highest BCUT2D eigenvalue weighted by atomic mass is 16.5. The Morgan fingerprint density at radius 1 is 1.31 bits per heavy atom. The van der Waals surface area contributed by atoms with E-state index in [2.05, 4.69) is 26.8 Å². The van der Waals surface area contributed by atoms with Gasteiger partial charge in [-0.05, 0) is 37.7 Å². The second-order valence-electron chi connectivity index (χ2n) is 8.66. The topological polar surface area (TPSA) is 125 Å². The monoisotopic (exact) mass is 435 g/mol. The fourth-order valence-corrected chi connectivity index (χ4v) is 4.57. The van der Waals surface area contributed by atoms with Crippen molar-refractivity contribution >= 4 is 29.1 Å². The second kappa shape index (κ2) is 7.91. The molecule has 2 saturated heterocycles. The molecular formula is C22H25N7O3. The van der Waals surface area contributed by atoms with E-state index in [1.807, 2.05) is 0 Å². The van der Waals surface area contributed by atoms with Crippen LogP contribution >= 0.6 is 0 Å². The summed E-state index contributed by atoms with van der Waals surface area (Å²) < 4.78 is 6.81. The predicted molar refractivity (Wildman–Crippen MR) is 115 cm³/mol. The number of amides is 2. The van der Waals surface area contributed by atoms with Crippen molar-refractivity contribution in [2.75, 3.05) is 30.0 Å². The summed E-state index contributed by atoms with van der Waals surface area (Å²) in [7, 11) is 1.71. The zero-order chi connectivity index (χ0) is 22.3. The van der Waals surface area contributed by atoms with Crippen molar-refractivity contribution in [1.82, 2.24) is 20.1 Å². The van der Waals surface area contributed by atoms with Gasteiger partial charge in [-0.3, -0.25) is 14.3 Å². The van der Waals surface area contributed by atoms with Gasteiger partial charge in [-0.1, -0.05) is 0 Å². The normalized spacial score (nSPS) is 25.1. The number of pyridine rings is 1. The van der Waals surface area contributed by atoms with E-state index in [1.165, 1.54) is 4.68 Å². The van der Waals surface area contributed by atoms with Gasteiger partial charge in [-0.15, -0.1) is 0 Å². The molecule has 0 unspecified atom stereocenters. The number of nitrogens with zero attached hydrogens (tertiary/aromatic N) is 5. The maximum atomic E-state index is 13.1. The maximum absolute atomic E-state index is 13.1. The number of aromatic nitrogens is 3. The van der Waals surface area contributed by atoms with Crippen molar-refractivity contribution in [1.29, 1.82) is 5.26 Å². The molecule has 3 fully saturated rings. The van der Waals surface area contributed by atoms with Gasteiger partial charge in [-0.25, -0.2) is 4.98 Å². The second-order valence-corrected chi connectivity index (χ2v) is 8.66. The van der Waals surface area contributed by atoms with Crippen molar-refractivity contribution in [3.63, 3.8) is 0 Å². The Kier molecular flexibility index (Phi) is 5.06. The first-order valence-electron chi connectivity index (χ1n) is 10.9. The number of carbonyl (C=O) groups is 2. The molecule has 166 valence electrons. The summed E-state index contributed by atoms with van der Waals surface area (Å²) in [6.07, 6.45) is 4.86. The maximum Gasteiger partial charge on any atom is 0.269 e. The Morgan fingerprint density at radius 3 is 2.88 bits per heavy atom. The number of hydrogen-bond donors (Lipinski definition) is 2. The van der Waals surface area contributed by atoms with E-state index in [-0.39, 0.29) is 23.8 Å². The average molecular weight is 435 g/mol. The van der Waals surface area contributed by atoms with Crippen LogP contribution in [0.2, 0.25) is 0 Å². The van der Waals surface area contributed by atoms with E-state index >= 15 is 0 Å². The zero-order valence-corrected chi connectivity index (χ0v) is 17.9. The largest absolute Gasteiger partial charge is 0.379 e. The van der Waals surface area contributed by atoms with Crippen molar-refractivity contribution in [2.45, 2.75) is 31.7 Å². The lowest BCUT2D eigenvalue weighted by molar-refractivity contribution is -0.123. The third-order valence-corrected chi connectivity index (χ3v) is 6.52. The van der Waals surface area contributed by atoms with Crippen LogP contribution in [0, 0.1) is 22.7 Å². The Labute approximate surface area is 185 Å². The van der Waals surface area contributed by atoms with Crippen molar-refractivity contribution in [3.05, 3.63) is 30.1 Å². The molecule has 1 saturated carbocycles. The zero-order valence-electron chi connectivity index (χ0n) is 17.9. The molecule has 1 aliphatic carbocycles. The van der Waals surface area contributed by atoms with Gasteiger partial charge < -0.3 is 20.3 Å². The first kappa shape index (κ1) is 20.5. The summed E-state index contributed by atoms with van der Waals surface area (Å²) >= 11 is 0. The Bertz CT molecular complexity index is 1100. The fraction of sp³-hybridized carbons (Fsp3) is 0.500. The molecule has 10 nitrogen and oxygen atoms in total. The minimum atomic E-state index is -0.884. The summed E-state index contributed by atoms with van der Waals surface area (Å²) in [5, 5.41) is 20.1. The van der Waals surface area contributed by atoms with Gasteiger partial charge in [0.2, 0.25) is 5.91 Å². The molecular weight excluding hydrogens is 410 g/mol. The Hall–Kier alpha value is -3.45. The number of carbonyl (C=O) groups excluding carboxylic acids is 2. The number of anilines is 3. The molecule has 10 heteroatoms. The molecule has 32 heavy (non-hydrogen) atoms. The molecule has 2 aliphatic heterocycles.